The Morgan fingerprint density at radius 2 is 2.31 bits per heavy atom. The van der Waals surface area contributed by atoms with Gasteiger partial charge in [0.25, 0.3) is 0 Å². The summed E-state index contributed by atoms with van der Waals surface area (Å²) < 4.78 is 5.46. The molecule has 0 aliphatic heterocycles. The lowest BCUT2D eigenvalue weighted by molar-refractivity contribution is 0.318. The topological polar surface area (TPSA) is 9.23 Å². The Morgan fingerprint density at radius 3 is 3.00 bits per heavy atom. The van der Waals surface area contributed by atoms with Gasteiger partial charge in [-0.1, -0.05) is 24.8 Å². The van der Waals surface area contributed by atoms with Crippen molar-refractivity contribution >= 4 is 17.7 Å². The van der Waals surface area contributed by atoms with E-state index in [0.29, 0.717) is 12.5 Å². The Labute approximate surface area is 84.0 Å². The summed E-state index contributed by atoms with van der Waals surface area (Å²) in [4.78, 5) is 0. The van der Waals surface area contributed by atoms with E-state index < -0.39 is 0 Å². The Bertz CT molecular complexity index is 271. The van der Waals surface area contributed by atoms with Crippen LogP contribution in [0, 0.1) is 0 Å². The number of hydrogen-bond donors (Lipinski definition) is 0. The van der Waals surface area contributed by atoms with Crippen molar-refractivity contribution in [2.24, 2.45) is 0 Å². The van der Waals surface area contributed by atoms with Gasteiger partial charge in [0.2, 0.25) is 0 Å². The van der Waals surface area contributed by atoms with E-state index in [1.165, 1.54) is 0 Å². The molecule has 0 aliphatic rings. The van der Waals surface area contributed by atoms with Crippen molar-refractivity contribution in [3.63, 3.8) is 0 Å². The van der Waals surface area contributed by atoms with Crippen LogP contribution in [0.2, 0.25) is 0 Å². The highest BCUT2D eigenvalue weighted by molar-refractivity contribution is 6.17. The quantitative estimate of drug-likeness (QED) is 0.519. The van der Waals surface area contributed by atoms with Gasteiger partial charge in [0.1, 0.15) is 5.75 Å². The molecule has 70 valence electrons. The summed E-state index contributed by atoms with van der Waals surface area (Å²) >= 11 is 5.53. The smallest absolute Gasteiger partial charge is 0.119 e. The van der Waals surface area contributed by atoms with E-state index in [-0.39, 0.29) is 0 Å². The normalized spacial score (nSPS) is 9.62. The summed E-state index contributed by atoms with van der Waals surface area (Å²) in [7, 11) is 0. The molecule has 1 aromatic rings. The number of ether oxygens (including phenoxy) is 1. The molecule has 0 spiro atoms. The predicted octanol–water partition coefficient (Wildman–Crippen LogP) is 3.34. The fourth-order valence-electron chi connectivity index (χ4n) is 0.976. The van der Waals surface area contributed by atoms with E-state index >= 15 is 0 Å². The lowest BCUT2D eigenvalue weighted by Crippen LogP contribution is -1.97. The summed E-state index contributed by atoms with van der Waals surface area (Å²) in [6.07, 6.45) is 2.67. The second kappa shape index (κ2) is 5.65. The van der Waals surface area contributed by atoms with Crippen molar-refractivity contribution < 1.29 is 4.74 Å². The number of rotatable bonds is 5. The molecule has 0 aromatic heterocycles. The molecule has 1 nitrogen and oxygen atoms in total. The number of alkyl halides is 1. The van der Waals surface area contributed by atoms with E-state index in [1.54, 1.807) is 6.08 Å². The third kappa shape index (κ3) is 3.51. The molecule has 1 aromatic carbocycles. The summed E-state index contributed by atoms with van der Waals surface area (Å²) in [5.41, 5.74) is 1.07. The molecule has 0 bridgehead atoms. The Hall–Kier alpha value is -0.950. The van der Waals surface area contributed by atoms with Crippen molar-refractivity contribution in [1.29, 1.82) is 0 Å². The van der Waals surface area contributed by atoms with Crippen molar-refractivity contribution in [3.05, 3.63) is 36.4 Å². The standard InChI is InChI=1S/C11H13ClO/c1-2-10-5-3-6-11(9-10)13-8-4-7-12/h2-3,5-6,9H,1,4,7-8H2. The summed E-state index contributed by atoms with van der Waals surface area (Å²) in [6.45, 7) is 4.36. The van der Waals surface area contributed by atoms with Crippen molar-refractivity contribution in [2.45, 2.75) is 6.42 Å². The highest BCUT2D eigenvalue weighted by Gasteiger charge is 1.93. The average Bonchev–Trinajstić information content (AvgIpc) is 2.19. The fraction of sp³-hybridized carbons (Fsp3) is 0.273. The van der Waals surface area contributed by atoms with Gasteiger partial charge in [-0.2, -0.15) is 0 Å². The summed E-state index contributed by atoms with van der Waals surface area (Å²) in [5, 5.41) is 0. The zero-order valence-electron chi connectivity index (χ0n) is 7.50. The van der Waals surface area contributed by atoms with Crippen LogP contribution < -0.4 is 4.74 Å². The van der Waals surface area contributed by atoms with Gasteiger partial charge in [-0.05, 0) is 24.1 Å². The lowest BCUT2D eigenvalue weighted by Gasteiger charge is -2.04. The first kappa shape index (κ1) is 10.1. The fourth-order valence-corrected chi connectivity index (χ4v) is 1.08. The van der Waals surface area contributed by atoms with Gasteiger partial charge in [0.15, 0.2) is 0 Å². The van der Waals surface area contributed by atoms with Gasteiger partial charge >= 0.3 is 0 Å². The molecular weight excluding hydrogens is 184 g/mol. The molecule has 1 rings (SSSR count). The van der Waals surface area contributed by atoms with Crippen LogP contribution in [0.4, 0.5) is 0 Å². The van der Waals surface area contributed by atoms with E-state index in [2.05, 4.69) is 6.58 Å². The average molecular weight is 197 g/mol. The van der Waals surface area contributed by atoms with Gasteiger partial charge in [-0.3, -0.25) is 0 Å². The first-order valence-corrected chi connectivity index (χ1v) is 4.81. The third-order valence-corrected chi connectivity index (χ3v) is 1.91. The molecule has 13 heavy (non-hydrogen) atoms. The second-order valence-corrected chi connectivity index (χ2v) is 3.05. The number of hydrogen-bond acceptors (Lipinski definition) is 1. The molecule has 0 amide bonds. The van der Waals surface area contributed by atoms with Crippen LogP contribution in [0.3, 0.4) is 0 Å². The van der Waals surface area contributed by atoms with Crippen LogP contribution in [0.15, 0.2) is 30.8 Å². The maximum Gasteiger partial charge on any atom is 0.119 e. The van der Waals surface area contributed by atoms with Crippen LogP contribution in [0.5, 0.6) is 5.75 Å². The van der Waals surface area contributed by atoms with Crippen molar-refractivity contribution in [3.8, 4) is 5.75 Å². The first-order valence-electron chi connectivity index (χ1n) is 4.28. The molecule has 0 saturated carbocycles. The molecule has 2 heteroatoms. The molecule has 0 unspecified atom stereocenters. The van der Waals surface area contributed by atoms with Gasteiger partial charge in [-0.15, -0.1) is 11.6 Å². The predicted molar refractivity (Wildman–Crippen MR) is 57.4 cm³/mol. The Balaban J connectivity index is 2.51. The zero-order valence-corrected chi connectivity index (χ0v) is 8.26. The molecule has 0 N–H and O–H groups in total. The Morgan fingerprint density at radius 1 is 1.46 bits per heavy atom. The maximum atomic E-state index is 5.53. The number of benzene rings is 1. The van der Waals surface area contributed by atoms with Crippen LogP contribution in [-0.2, 0) is 0 Å². The van der Waals surface area contributed by atoms with E-state index in [9.17, 15) is 0 Å². The zero-order chi connectivity index (χ0) is 9.52. The second-order valence-electron chi connectivity index (χ2n) is 2.67. The van der Waals surface area contributed by atoms with E-state index in [0.717, 1.165) is 17.7 Å². The number of halogens is 1. The Kier molecular flexibility index (Phi) is 4.41. The van der Waals surface area contributed by atoms with E-state index in [4.69, 9.17) is 16.3 Å². The van der Waals surface area contributed by atoms with Gasteiger partial charge in [0, 0.05) is 5.88 Å². The van der Waals surface area contributed by atoms with Gasteiger partial charge in [-0.25, -0.2) is 0 Å². The van der Waals surface area contributed by atoms with Crippen LogP contribution in [-0.4, -0.2) is 12.5 Å². The van der Waals surface area contributed by atoms with Gasteiger partial charge in [0.05, 0.1) is 6.61 Å². The minimum absolute atomic E-state index is 0.640. The highest BCUT2D eigenvalue weighted by atomic mass is 35.5. The van der Waals surface area contributed by atoms with Crippen molar-refractivity contribution in [2.75, 3.05) is 12.5 Å². The monoisotopic (exact) mass is 196 g/mol. The van der Waals surface area contributed by atoms with Crippen LogP contribution in [0.1, 0.15) is 12.0 Å². The molecule has 0 radical (unpaired) electrons. The van der Waals surface area contributed by atoms with Crippen LogP contribution in [0.25, 0.3) is 6.08 Å². The minimum atomic E-state index is 0.640. The molecule has 0 fully saturated rings. The third-order valence-electron chi connectivity index (χ3n) is 1.64. The molecular formula is C11H13ClO. The van der Waals surface area contributed by atoms with Crippen LogP contribution >= 0.6 is 11.6 Å². The molecule has 0 saturated heterocycles. The largest absolute Gasteiger partial charge is 0.494 e. The van der Waals surface area contributed by atoms with E-state index in [1.807, 2.05) is 24.3 Å². The summed E-state index contributed by atoms with van der Waals surface area (Å²) in [5.74, 6) is 1.52. The highest BCUT2D eigenvalue weighted by Crippen LogP contribution is 2.14. The maximum absolute atomic E-state index is 5.53. The molecule has 0 aliphatic carbocycles. The SMILES string of the molecule is C=Cc1cccc(OCCCCl)c1. The van der Waals surface area contributed by atoms with Gasteiger partial charge < -0.3 is 4.74 Å². The molecule has 0 atom stereocenters. The lowest BCUT2D eigenvalue weighted by atomic mass is 10.2. The summed E-state index contributed by atoms with van der Waals surface area (Å²) in [6, 6.07) is 7.83. The minimum Gasteiger partial charge on any atom is -0.494 e. The first-order chi connectivity index (χ1) is 6.36. The van der Waals surface area contributed by atoms with Crippen molar-refractivity contribution in [1.82, 2.24) is 0 Å². The molecule has 0 heterocycles.